The van der Waals surface area contributed by atoms with Crippen LogP contribution in [0.15, 0.2) is 47.5 Å². The maximum absolute atomic E-state index is 12.8. The van der Waals surface area contributed by atoms with Crippen LogP contribution in [0.1, 0.15) is 36.4 Å². The van der Waals surface area contributed by atoms with Crippen LogP contribution in [-0.4, -0.2) is 54.5 Å². The maximum Gasteiger partial charge on any atom is 0.240 e. The van der Waals surface area contributed by atoms with Crippen molar-refractivity contribution in [3.8, 4) is 0 Å². The van der Waals surface area contributed by atoms with Crippen molar-refractivity contribution in [3.05, 3.63) is 53.9 Å². The van der Waals surface area contributed by atoms with E-state index in [1.165, 1.54) is 7.05 Å². The number of hydrogen-bond acceptors (Lipinski definition) is 5. The van der Waals surface area contributed by atoms with Gasteiger partial charge in [-0.05, 0) is 56.1 Å². The fourth-order valence-corrected chi connectivity index (χ4v) is 4.71. The number of hydrogen-bond donors (Lipinski definition) is 2. The van der Waals surface area contributed by atoms with Gasteiger partial charge in [-0.15, -0.1) is 0 Å². The van der Waals surface area contributed by atoms with Gasteiger partial charge in [0.15, 0.2) is 5.65 Å². The number of benzene rings is 1. The summed E-state index contributed by atoms with van der Waals surface area (Å²) in [4.78, 5) is 19.2. The van der Waals surface area contributed by atoms with Gasteiger partial charge in [-0.1, -0.05) is 12.1 Å². The molecule has 2 N–H and O–H groups in total. The molecule has 1 unspecified atom stereocenters. The standard InChI is InChI=1S/C21H25N5O3S/c1-22-30(28,29)17-9-6-15(7-10-17)8-11-19(27)26-13-3-4-16(14-26)20-18-5-2-12-23-21(18)25-24-20/h2,5-7,9-10,12,16,22H,3-4,8,11,13-14H2,1H3,(H,23,24,25). The van der Waals surface area contributed by atoms with Crippen molar-refractivity contribution in [2.75, 3.05) is 20.1 Å². The molecule has 0 aliphatic carbocycles. The summed E-state index contributed by atoms with van der Waals surface area (Å²) in [5, 5.41) is 8.42. The predicted molar refractivity (Wildman–Crippen MR) is 113 cm³/mol. The van der Waals surface area contributed by atoms with Crippen LogP contribution in [0.3, 0.4) is 0 Å². The SMILES string of the molecule is CNS(=O)(=O)c1ccc(CCC(=O)N2CCCC(c3[nH]nc4ncccc34)C2)cc1. The van der Waals surface area contributed by atoms with Crippen LogP contribution in [0.5, 0.6) is 0 Å². The molecule has 1 fully saturated rings. The molecule has 1 aliphatic heterocycles. The quantitative estimate of drug-likeness (QED) is 0.627. The van der Waals surface area contributed by atoms with E-state index in [4.69, 9.17) is 0 Å². The number of nitrogens with zero attached hydrogens (tertiary/aromatic N) is 3. The Balaban J connectivity index is 1.38. The van der Waals surface area contributed by atoms with Crippen molar-refractivity contribution < 1.29 is 13.2 Å². The van der Waals surface area contributed by atoms with Crippen LogP contribution in [0.4, 0.5) is 0 Å². The van der Waals surface area contributed by atoms with E-state index in [9.17, 15) is 13.2 Å². The highest BCUT2D eigenvalue weighted by atomic mass is 32.2. The fourth-order valence-electron chi connectivity index (χ4n) is 3.98. The van der Waals surface area contributed by atoms with Crippen molar-refractivity contribution >= 4 is 27.0 Å². The Kier molecular flexibility index (Phi) is 5.83. The molecule has 9 heteroatoms. The first-order chi connectivity index (χ1) is 14.5. The van der Waals surface area contributed by atoms with E-state index in [1.54, 1.807) is 30.5 Å². The minimum absolute atomic E-state index is 0.119. The number of aryl methyl sites for hydroxylation is 1. The van der Waals surface area contributed by atoms with Crippen molar-refractivity contribution in [2.24, 2.45) is 0 Å². The molecule has 1 atom stereocenters. The normalized spacial score (nSPS) is 17.4. The van der Waals surface area contributed by atoms with Crippen molar-refractivity contribution in [3.63, 3.8) is 0 Å². The summed E-state index contributed by atoms with van der Waals surface area (Å²) in [7, 11) is -2.06. The van der Waals surface area contributed by atoms with Crippen LogP contribution >= 0.6 is 0 Å². The maximum atomic E-state index is 12.8. The Morgan fingerprint density at radius 1 is 1.27 bits per heavy atom. The lowest BCUT2D eigenvalue weighted by molar-refractivity contribution is -0.132. The summed E-state index contributed by atoms with van der Waals surface area (Å²) in [5.74, 6) is 0.344. The number of sulfonamides is 1. The van der Waals surface area contributed by atoms with E-state index in [2.05, 4.69) is 19.9 Å². The number of amides is 1. The third kappa shape index (κ3) is 4.22. The first-order valence-electron chi connectivity index (χ1n) is 10.1. The van der Waals surface area contributed by atoms with Gasteiger partial charge in [0.2, 0.25) is 15.9 Å². The van der Waals surface area contributed by atoms with Crippen molar-refractivity contribution in [1.29, 1.82) is 0 Å². The molecule has 158 valence electrons. The van der Waals surface area contributed by atoms with Gasteiger partial charge < -0.3 is 4.90 Å². The highest BCUT2D eigenvalue weighted by Gasteiger charge is 2.27. The van der Waals surface area contributed by atoms with E-state index >= 15 is 0 Å². The number of likely N-dealkylation sites (tertiary alicyclic amines) is 1. The molecule has 1 amide bonds. The number of fused-ring (bicyclic) bond motifs is 1. The molecule has 1 aromatic carbocycles. The number of aromatic nitrogens is 3. The van der Waals surface area contributed by atoms with Crippen LogP contribution in [0.25, 0.3) is 11.0 Å². The Labute approximate surface area is 175 Å². The number of aromatic amines is 1. The highest BCUT2D eigenvalue weighted by Crippen LogP contribution is 2.30. The smallest absolute Gasteiger partial charge is 0.240 e. The van der Waals surface area contributed by atoms with Gasteiger partial charge in [0.25, 0.3) is 0 Å². The topological polar surface area (TPSA) is 108 Å². The lowest BCUT2D eigenvalue weighted by Crippen LogP contribution is -2.39. The van der Waals surface area contributed by atoms with Gasteiger partial charge in [-0.2, -0.15) is 5.10 Å². The van der Waals surface area contributed by atoms with Gasteiger partial charge in [-0.25, -0.2) is 18.1 Å². The zero-order valence-electron chi connectivity index (χ0n) is 16.8. The summed E-state index contributed by atoms with van der Waals surface area (Å²) in [5.41, 5.74) is 2.70. The monoisotopic (exact) mass is 427 g/mol. The number of pyridine rings is 1. The summed E-state index contributed by atoms with van der Waals surface area (Å²) >= 11 is 0. The lowest BCUT2D eigenvalue weighted by atomic mass is 9.93. The summed E-state index contributed by atoms with van der Waals surface area (Å²) in [6.45, 7) is 1.43. The molecule has 1 aliphatic rings. The number of piperidine rings is 1. The van der Waals surface area contributed by atoms with Gasteiger partial charge >= 0.3 is 0 Å². The Morgan fingerprint density at radius 2 is 2.07 bits per heavy atom. The molecule has 2 aromatic heterocycles. The summed E-state index contributed by atoms with van der Waals surface area (Å²) in [6, 6.07) is 10.6. The summed E-state index contributed by atoms with van der Waals surface area (Å²) in [6.07, 6.45) is 4.67. The molecular weight excluding hydrogens is 402 g/mol. The molecule has 0 radical (unpaired) electrons. The summed E-state index contributed by atoms with van der Waals surface area (Å²) < 4.78 is 25.9. The average molecular weight is 428 g/mol. The van der Waals surface area contributed by atoms with Gasteiger partial charge in [-0.3, -0.25) is 9.89 Å². The zero-order valence-corrected chi connectivity index (χ0v) is 17.7. The first kappa shape index (κ1) is 20.5. The molecule has 30 heavy (non-hydrogen) atoms. The number of carbonyl (C=O) groups excluding carboxylic acids is 1. The minimum Gasteiger partial charge on any atom is -0.342 e. The Bertz CT molecular complexity index is 1140. The van der Waals surface area contributed by atoms with Crippen molar-refractivity contribution in [2.45, 2.75) is 36.5 Å². The number of rotatable bonds is 6. The van der Waals surface area contributed by atoms with E-state index in [0.29, 0.717) is 25.0 Å². The van der Waals surface area contributed by atoms with E-state index in [0.717, 1.165) is 36.0 Å². The minimum atomic E-state index is -3.44. The molecular formula is C21H25N5O3S. The third-order valence-electron chi connectivity index (χ3n) is 5.67. The third-order valence-corrected chi connectivity index (χ3v) is 7.10. The second kappa shape index (κ2) is 8.53. The lowest BCUT2D eigenvalue weighted by Gasteiger charge is -2.32. The number of nitrogens with one attached hydrogen (secondary N) is 2. The van der Waals surface area contributed by atoms with Crippen LogP contribution in [0, 0.1) is 0 Å². The number of H-pyrrole nitrogens is 1. The van der Waals surface area contributed by atoms with Crippen molar-refractivity contribution in [1.82, 2.24) is 24.8 Å². The van der Waals surface area contributed by atoms with Gasteiger partial charge in [0.05, 0.1) is 4.90 Å². The van der Waals surface area contributed by atoms with E-state index in [1.807, 2.05) is 17.0 Å². The van der Waals surface area contributed by atoms with Gasteiger partial charge in [0.1, 0.15) is 0 Å². The molecule has 8 nitrogen and oxygen atoms in total. The average Bonchev–Trinajstić information content (AvgIpc) is 3.22. The number of carbonyl (C=O) groups is 1. The van der Waals surface area contributed by atoms with E-state index < -0.39 is 10.0 Å². The van der Waals surface area contributed by atoms with Crippen LogP contribution in [-0.2, 0) is 21.2 Å². The molecule has 0 spiro atoms. The molecule has 3 aromatic rings. The highest BCUT2D eigenvalue weighted by molar-refractivity contribution is 7.89. The Morgan fingerprint density at radius 3 is 2.83 bits per heavy atom. The van der Waals surface area contributed by atoms with E-state index in [-0.39, 0.29) is 16.7 Å². The second-order valence-electron chi connectivity index (χ2n) is 7.54. The predicted octanol–water partition coefficient (Wildman–Crippen LogP) is 2.20. The van der Waals surface area contributed by atoms with Crippen LogP contribution < -0.4 is 4.72 Å². The first-order valence-corrected chi connectivity index (χ1v) is 11.6. The molecule has 0 saturated carbocycles. The largest absolute Gasteiger partial charge is 0.342 e. The Hall–Kier alpha value is -2.78. The second-order valence-corrected chi connectivity index (χ2v) is 9.43. The molecule has 4 rings (SSSR count). The molecule has 0 bridgehead atoms. The molecule has 1 saturated heterocycles. The fraction of sp³-hybridized carbons (Fsp3) is 0.381. The zero-order chi connectivity index (χ0) is 21.1. The van der Waals surface area contributed by atoms with Gasteiger partial charge in [0, 0.05) is 42.7 Å². The molecule has 3 heterocycles. The van der Waals surface area contributed by atoms with Crippen LogP contribution in [0.2, 0.25) is 0 Å².